The normalized spacial score (nSPS) is 26.2. The Labute approximate surface area is 115 Å². The topological polar surface area (TPSA) is 51.0 Å². The highest BCUT2D eigenvalue weighted by molar-refractivity contribution is 4.96. The molecule has 1 unspecified atom stereocenters. The molecule has 1 atom stereocenters. The first-order valence-electron chi connectivity index (χ1n) is 7.97. The summed E-state index contributed by atoms with van der Waals surface area (Å²) < 4.78 is 5.46. The van der Waals surface area contributed by atoms with Crippen LogP contribution in [0, 0.1) is 5.92 Å². The van der Waals surface area contributed by atoms with Crippen LogP contribution in [0.2, 0.25) is 0 Å². The van der Waals surface area contributed by atoms with Crippen molar-refractivity contribution in [3.8, 4) is 0 Å². The highest BCUT2D eigenvalue weighted by atomic mass is 16.5. The fraction of sp³-hybridized carbons (Fsp3) is 0.867. The van der Waals surface area contributed by atoms with Crippen LogP contribution in [0.5, 0.6) is 0 Å². The molecule has 1 saturated carbocycles. The molecule has 1 aromatic rings. The van der Waals surface area contributed by atoms with Gasteiger partial charge in [-0.2, -0.15) is 4.98 Å². The SMILES string of the molecule is C1CCC(Cc2nc(C3CCCCCN3)no2)CC1. The van der Waals surface area contributed by atoms with Gasteiger partial charge < -0.3 is 9.84 Å². The van der Waals surface area contributed by atoms with Crippen LogP contribution in [-0.4, -0.2) is 16.7 Å². The largest absolute Gasteiger partial charge is 0.339 e. The second-order valence-electron chi connectivity index (χ2n) is 6.11. The lowest BCUT2D eigenvalue weighted by molar-refractivity contribution is 0.302. The Morgan fingerprint density at radius 3 is 2.68 bits per heavy atom. The molecule has 1 aliphatic carbocycles. The first-order chi connectivity index (χ1) is 9.42. The molecule has 1 N–H and O–H groups in total. The smallest absolute Gasteiger partial charge is 0.226 e. The Morgan fingerprint density at radius 1 is 1.00 bits per heavy atom. The van der Waals surface area contributed by atoms with Gasteiger partial charge in [0.15, 0.2) is 5.82 Å². The van der Waals surface area contributed by atoms with Crippen LogP contribution in [0.25, 0.3) is 0 Å². The molecular weight excluding hydrogens is 238 g/mol. The van der Waals surface area contributed by atoms with Gasteiger partial charge in [-0.05, 0) is 38.1 Å². The predicted octanol–water partition coefficient (Wildman–Crippen LogP) is 3.40. The van der Waals surface area contributed by atoms with Gasteiger partial charge in [-0.15, -0.1) is 0 Å². The van der Waals surface area contributed by atoms with Crippen molar-refractivity contribution in [2.45, 2.75) is 70.3 Å². The minimum absolute atomic E-state index is 0.311. The summed E-state index contributed by atoms with van der Waals surface area (Å²) in [4.78, 5) is 4.63. The Bertz CT molecular complexity index is 376. The highest BCUT2D eigenvalue weighted by Crippen LogP contribution is 2.27. The van der Waals surface area contributed by atoms with Crippen molar-refractivity contribution in [1.29, 1.82) is 0 Å². The molecule has 0 radical (unpaired) electrons. The third-order valence-electron chi connectivity index (χ3n) is 4.54. The van der Waals surface area contributed by atoms with Gasteiger partial charge in [0.2, 0.25) is 5.89 Å². The van der Waals surface area contributed by atoms with Crippen LogP contribution in [0.1, 0.15) is 75.5 Å². The average Bonchev–Trinajstić information content (AvgIpc) is 2.74. The fourth-order valence-corrected chi connectivity index (χ4v) is 3.38. The molecule has 1 aromatic heterocycles. The van der Waals surface area contributed by atoms with E-state index >= 15 is 0 Å². The van der Waals surface area contributed by atoms with Crippen LogP contribution in [0.15, 0.2) is 4.52 Å². The van der Waals surface area contributed by atoms with E-state index in [-0.39, 0.29) is 0 Å². The number of hydrogen-bond donors (Lipinski definition) is 1. The molecule has 2 aliphatic rings. The minimum Gasteiger partial charge on any atom is -0.339 e. The third-order valence-corrected chi connectivity index (χ3v) is 4.54. The van der Waals surface area contributed by atoms with E-state index in [9.17, 15) is 0 Å². The zero-order valence-corrected chi connectivity index (χ0v) is 11.7. The molecule has 3 rings (SSSR count). The number of nitrogens with zero attached hydrogens (tertiary/aromatic N) is 2. The monoisotopic (exact) mass is 263 g/mol. The molecule has 0 aromatic carbocycles. The van der Waals surface area contributed by atoms with Crippen molar-refractivity contribution in [1.82, 2.24) is 15.5 Å². The first-order valence-corrected chi connectivity index (χ1v) is 7.97. The van der Waals surface area contributed by atoms with Crippen molar-refractivity contribution in [2.24, 2.45) is 5.92 Å². The van der Waals surface area contributed by atoms with Crippen LogP contribution >= 0.6 is 0 Å². The average molecular weight is 263 g/mol. The fourth-order valence-electron chi connectivity index (χ4n) is 3.38. The van der Waals surface area contributed by atoms with Gasteiger partial charge in [-0.3, -0.25) is 0 Å². The molecule has 106 valence electrons. The number of aromatic nitrogens is 2. The van der Waals surface area contributed by atoms with Gasteiger partial charge in [0, 0.05) is 6.42 Å². The molecule has 0 bridgehead atoms. The number of nitrogens with one attached hydrogen (secondary N) is 1. The summed E-state index contributed by atoms with van der Waals surface area (Å²) in [6.07, 6.45) is 12.8. The lowest BCUT2D eigenvalue weighted by Gasteiger charge is -2.19. The molecule has 2 heterocycles. The number of hydrogen-bond acceptors (Lipinski definition) is 4. The maximum Gasteiger partial charge on any atom is 0.226 e. The summed E-state index contributed by atoms with van der Waals surface area (Å²) in [5.41, 5.74) is 0. The quantitative estimate of drug-likeness (QED) is 0.908. The lowest BCUT2D eigenvalue weighted by Crippen LogP contribution is -2.21. The van der Waals surface area contributed by atoms with Crippen molar-refractivity contribution in [3.05, 3.63) is 11.7 Å². The third kappa shape index (κ3) is 3.56. The molecule has 0 amide bonds. The van der Waals surface area contributed by atoms with Gasteiger partial charge in [0.05, 0.1) is 6.04 Å². The molecule has 4 nitrogen and oxygen atoms in total. The Morgan fingerprint density at radius 2 is 1.79 bits per heavy atom. The predicted molar refractivity (Wildman–Crippen MR) is 73.8 cm³/mol. The van der Waals surface area contributed by atoms with E-state index in [1.165, 1.54) is 51.4 Å². The maximum absolute atomic E-state index is 5.46. The molecule has 19 heavy (non-hydrogen) atoms. The van der Waals surface area contributed by atoms with E-state index in [0.717, 1.165) is 37.0 Å². The summed E-state index contributed by atoms with van der Waals surface area (Å²) in [5.74, 6) is 2.50. The van der Waals surface area contributed by atoms with Gasteiger partial charge >= 0.3 is 0 Å². The van der Waals surface area contributed by atoms with E-state index < -0.39 is 0 Å². The number of rotatable bonds is 3. The zero-order chi connectivity index (χ0) is 12.9. The maximum atomic E-state index is 5.46. The zero-order valence-electron chi connectivity index (χ0n) is 11.7. The van der Waals surface area contributed by atoms with E-state index in [0.29, 0.717) is 6.04 Å². The van der Waals surface area contributed by atoms with E-state index in [2.05, 4.69) is 15.5 Å². The summed E-state index contributed by atoms with van der Waals surface area (Å²) in [6.45, 7) is 1.08. The summed E-state index contributed by atoms with van der Waals surface area (Å²) in [5, 5.41) is 7.73. The van der Waals surface area contributed by atoms with E-state index in [4.69, 9.17) is 4.52 Å². The lowest BCUT2D eigenvalue weighted by atomic mass is 9.87. The van der Waals surface area contributed by atoms with Crippen molar-refractivity contribution in [3.63, 3.8) is 0 Å². The molecule has 2 fully saturated rings. The second-order valence-corrected chi connectivity index (χ2v) is 6.11. The standard InChI is InChI=1S/C15H25N3O/c1-3-7-12(8-4-1)11-14-17-15(18-19-14)13-9-5-2-6-10-16-13/h12-13,16H,1-11H2. The summed E-state index contributed by atoms with van der Waals surface area (Å²) in [7, 11) is 0. The Hall–Kier alpha value is -0.900. The van der Waals surface area contributed by atoms with Gasteiger partial charge in [-0.25, -0.2) is 0 Å². The molecule has 4 heteroatoms. The van der Waals surface area contributed by atoms with Crippen molar-refractivity contribution in [2.75, 3.05) is 6.54 Å². The van der Waals surface area contributed by atoms with Crippen LogP contribution in [0.3, 0.4) is 0 Å². The Kier molecular flexibility index (Phi) is 4.49. The van der Waals surface area contributed by atoms with Crippen LogP contribution < -0.4 is 5.32 Å². The molecular formula is C15H25N3O. The second kappa shape index (κ2) is 6.51. The molecule has 1 saturated heterocycles. The molecule has 1 aliphatic heterocycles. The van der Waals surface area contributed by atoms with Gasteiger partial charge in [0.25, 0.3) is 0 Å². The molecule has 0 spiro atoms. The summed E-state index contributed by atoms with van der Waals surface area (Å²) in [6, 6.07) is 0.311. The van der Waals surface area contributed by atoms with Crippen LogP contribution in [-0.2, 0) is 6.42 Å². The van der Waals surface area contributed by atoms with Crippen molar-refractivity contribution >= 4 is 0 Å². The van der Waals surface area contributed by atoms with Crippen molar-refractivity contribution < 1.29 is 4.52 Å². The van der Waals surface area contributed by atoms with E-state index in [1.807, 2.05) is 0 Å². The minimum atomic E-state index is 0.311. The summed E-state index contributed by atoms with van der Waals surface area (Å²) >= 11 is 0. The highest BCUT2D eigenvalue weighted by Gasteiger charge is 2.21. The Balaban J connectivity index is 1.58. The van der Waals surface area contributed by atoms with Gasteiger partial charge in [0.1, 0.15) is 0 Å². The first kappa shape index (κ1) is 13.1. The van der Waals surface area contributed by atoms with E-state index in [1.54, 1.807) is 0 Å². The van der Waals surface area contributed by atoms with Gasteiger partial charge in [-0.1, -0.05) is 37.3 Å². The van der Waals surface area contributed by atoms with Crippen LogP contribution in [0.4, 0.5) is 0 Å².